The fraction of sp³-hybridized carbons (Fsp3) is 0.545. The highest BCUT2D eigenvalue weighted by Gasteiger charge is 2.30. The monoisotopic (exact) mass is 398 g/mol. The van der Waals surface area contributed by atoms with E-state index in [0.29, 0.717) is 12.5 Å². The number of benzene rings is 1. The van der Waals surface area contributed by atoms with Crippen molar-refractivity contribution >= 4 is 17.6 Å². The highest BCUT2D eigenvalue weighted by molar-refractivity contribution is 7.99. The van der Waals surface area contributed by atoms with Gasteiger partial charge >= 0.3 is 0 Å². The summed E-state index contributed by atoms with van der Waals surface area (Å²) in [4.78, 5) is 11.7. The van der Waals surface area contributed by atoms with E-state index < -0.39 is 0 Å². The summed E-state index contributed by atoms with van der Waals surface area (Å²) in [5.74, 6) is 3.57. The Morgan fingerprint density at radius 2 is 2.14 bits per heavy atom. The zero-order valence-corrected chi connectivity index (χ0v) is 17.6. The molecule has 1 aromatic carbocycles. The van der Waals surface area contributed by atoms with Gasteiger partial charge in [-0.1, -0.05) is 24.3 Å². The molecule has 150 valence electrons. The number of fused-ring (bicyclic) bond motifs is 1. The van der Waals surface area contributed by atoms with E-state index in [-0.39, 0.29) is 12.1 Å². The highest BCUT2D eigenvalue weighted by Crippen LogP contribution is 2.37. The molecular weight excluding hydrogens is 368 g/mol. The number of aromatic nitrogens is 2. The Labute approximate surface area is 172 Å². The van der Waals surface area contributed by atoms with Crippen molar-refractivity contribution in [2.24, 2.45) is 11.7 Å². The number of nitrogens with two attached hydrogens (primary N) is 1. The smallest absolute Gasteiger partial charge is 0.258 e. The molecule has 0 spiro atoms. The third-order valence-corrected chi connectivity index (χ3v) is 6.86. The molecule has 2 aliphatic rings. The summed E-state index contributed by atoms with van der Waals surface area (Å²) in [5, 5.41) is 0.974. The predicted molar refractivity (Wildman–Crippen MR) is 115 cm³/mol. The minimum Gasteiger partial charge on any atom is -0.473 e. The second-order valence-corrected chi connectivity index (χ2v) is 8.92. The van der Waals surface area contributed by atoms with Crippen LogP contribution < -0.4 is 15.4 Å². The first-order chi connectivity index (χ1) is 13.7. The quantitative estimate of drug-likeness (QED) is 0.667. The van der Waals surface area contributed by atoms with Gasteiger partial charge in [0.05, 0.1) is 12.2 Å². The van der Waals surface area contributed by atoms with Gasteiger partial charge in [0, 0.05) is 18.3 Å². The number of rotatable bonds is 8. The van der Waals surface area contributed by atoms with Crippen molar-refractivity contribution in [3.63, 3.8) is 0 Å². The Balaban J connectivity index is 1.40. The lowest BCUT2D eigenvalue weighted by Crippen LogP contribution is -2.44. The lowest BCUT2D eigenvalue weighted by molar-refractivity contribution is 0.238. The fourth-order valence-electron chi connectivity index (χ4n) is 3.82. The van der Waals surface area contributed by atoms with E-state index >= 15 is 0 Å². The average molecular weight is 399 g/mol. The summed E-state index contributed by atoms with van der Waals surface area (Å²) in [6.45, 7) is 5.83. The van der Waals surface area contributed by atoms with Gasteiger partial charge in [0.2, 0.25) is 0 Å². The molecule has 28 heavy (non-hydrogen) atoms. The molecule has 0 bridgehead atoms. The van der Waals surface area contributed by atoms with Gasteiger partial charge in [0.1, 0.15) is 11.6 Å². The summed E-state index contributed by atoms with van der Waals surface area (Å²) < 4.78 is 6.02. The van der Waals surface area contributed by atoms with Crippen LogP contribution >= 0.6 is 11.8 Å². The fourth-order valence-corrected chi connectivity index (χ4v) is 4.83. The van der Waals surface area contributed by atoms with Gasteiger partial charge in [-0.2, -0.15) is 0 Å². The lowest BCUT2D eigenvalue weighted by Gasteiger charge is -2.36. The Bertz CT molecular complexity index is 811. The largest absolute Gasteiger partial charge is 0.473 e. The molecule has 0 radical (unpaired) electrons. The van der Waals surface area contributed by atoms with Gasteiger partial charge in [-0.25, -0.2) is 9.97 Å². The number of aryl methyl sites for hydroxylation is 1. The Morgan fingerprint density at radius 3 is 2.89 bits per heavy atom. The molecule has 0 amide bonds. The van der Waals surface area contributed by atoms with E-state index in [4.69, 9.17) is 20.4 Å². The van der Waals surface area contributed by atoms with Crippen LogP contribution in [0.25, 0.3) is 0 Å². The van der Waals surface area contributed by atoms with Crippen LogP contribution in [0.1, 0.15) is 49.8 Å². The summed E-state index contributed by atoms with van der Waals surface area (Å²) in [5.41, 5.74) is 8.98. The molecule has 4 rings (SSSR count). The van der Waals surface area contributed by atoms with Crippen LogP contribution in [0.15, 0.2) is 35.5 Å². The van der Waals surface area contributed by atoms with E-state index in [9.17, 15) is 0 Å². The van der Waals surface area contributed by atoms with Crippen molar-refractivity contribution < 1.29 is 4.74 Å². The minimum absolute atomic E-state index is 0.0496. The maximum Gasteiger partial charge on any atom is 0.258 e. The maximum atomic E-state index is 6.49. The molecule has 2 atom stereocenters. The Hall–Kier alpha value is -1.79. The third kappa shape index (κ3) is 4.44. The molecule has 0 unspecified atom stereocenters. The van der Waals surface area contributed by atoms with Crippen LogP contribution in [0.5, 0.6) is 5.88 Å². The standard InChI is InChI=1S/C22H30N4OS/c1-3-26-17(10-11-19(23)18-7-5-4-6-15(18)2)13-27-22-21(26)24-12-20(25-22)28-14-16-8-9-16/h4-7,12,16-17,19H,3,8-11,13-14,23H2,1-2H3/t17-,19+/m1/s1. The number of nitrogens with zero attached hydrogens (tertiary/aromatic N) is 3. The van der Waals surface area contributed by atoms with Crippen molar-refractivity contribution in [3.05, 3.63) is 41.6 Å². The molecule has 1 saturated carbocycles. The first-order valence-electron chi connectivity index (χ1n) is 10.4. The summed E-state index contributed by atoms with van der Waals surface area (Å²) >= 11 is 1.80. The number of hydrogen-bond donors (Lipinski definition) is 1. The number of likely N-dealkylation sites (N-methyl/N-ethyl adjacent to an activating group) is 1. The predicted octanol–water partition coefficient (Wildman–Crippen LogP) is 4.35. The average Bonchev–Trinajstić information content (AvgIpc) is 3.54. The van der Waals surface area contributed by atoms with E-state index in [1.54, 1.807) is 11.8 Å². The van der Waals surface area contributed by atoms with Gasteiger partial charge in [-0.3, -0.25) is 0 Å². The van der Waals surface area contributed by atoms with Crippen LogP contribution in [0.3, 0.4) is 0 Å². The zero-order chi connectivity index (χ0) is 19.5. The third-order valence-electron chi connectivity index (χ3n) is 5.73. The highest BCUT2D eigenvalue weighted by atomic mass is 32.2. The van der Waals surface area contributed by atoms with E-state index in [1.165, 1.54) is 24.0 Å². The SMILES string of the molecule is CCN1c2ncc(SCC3CC3)nc2OC[C@H]1CC[C@H](N)c1ccccc1C. The molecule has 1 aromatic heterocycles. The van der Waals surface area contributed by atoms with Crippen LogP contribution in [-0.2, 0) is 0 Å². The molecule has 6 heteroatoms. The van der Waals surface area contributed by atoms with Gasteiger partial charge in [0.15, 0.2) is 5.82 Å². The molecule has 2 N–H and O–H groups in total. The van der Waals surface area contributed by atoms with Crippen LogP contribution in [0.4, 0.5) is 5.82 Å². The van der Waals surface area contributed by atoms with Crippen LogP contribution in [0, 0.1) is 12.8 Å². The molecule has 2 heterocycles. The van der Waals surface area contributed by atoms with Crippen LogP contribution in [-0.4, -0.2) is 34.9 Å². The van der Waals surface area contributed by atoms with E-state index in [0.717, 1.165) is 41.9 Å². The molecule has 1 aliphatic carbocycles. The van der Waals surface area contributed by atoms with Crippen molar-refractivity contribution in [2.45, 2.75) is 56.6 Å². The maximum absolute atomic E-state index is 6.49. The second-order valence-electron chi connectivity index (χ2n) is 7.88. The van der Waals surface area contributed by atoms with E-state index in [2.05, 4.69) is 43.0 Å². The Morgan fingerprint density at radius 1 is 1.32 bits per heavy atom. The first-order valence-corrected chi connectivity index (χ1v) is 11.3. The number of ether oxygens (including phenoxy) is 1. The number of hydrogen-bond acceptors (Lipinski definition) is 6. The topological polar surface area (TPSA) is 64.3 Å². The first kappa shape index (κ1) is 19.5. The van der Waals surface area contributed by atoms with Crippen molar-refractivity contribution in [3.8, 4) is 5.88 Å². The van der Waals surface area contributed by atoms with Crippen molar-refractivity contribution in [1.29, 1.82) is 0 Å². The molecule has 2 aromatic rings. The Kier molecular flexibility index (Phi) is 6.07. The molecule has 0 saturated heterocycles. The van der Waals surface area contributed by atoms with E-state index in [1.807, 2.05) is 6.20 Å². The van der Waals surface area contributed by atoms with Crippen LogP contribution in [0.2, 0.25) is 0 Å². The number of anilines is 1. The van der Waals surface area contributed by atoms with Crippen molar-refractivity contribution in [1.82, 2.24) is 9.97 Å². The van der Waals surface area contributed by atoms with Gasteiger partial charge in [0.25, 0.3) is 5.88 Å². The van der Waals surface area contributed by atoms with Crippen molar-refractivity contribution in [2.75, 3.05) is 23.8 Å². The molecular formula is C22H30N4OS. The number of thioether (sulfide) groups is 1. The second kappa shape index (κ2) is 8.70. The van der Waals surface area contributed by atoms with Gasteiger partial charge in [-0.15, -0.1) is 11.8 Å². The molecule has 5 nitrogen and oxygen atoms in total. The minimum atomic E-state index is 0.0496. The summed E-state index contributed by atoms with van der Waals surface area (Å²) in [6.07, 6.45) is 6.52. The lowest BCUT2D eigenvalue weighted by atomic mass is 9.96. The molecule has 1 fully saturated rings. The molecule has 1 aliphatic heterocycles. The van der Waals surface area contributed by atoms with Gasteiger partial charge in [-0.05, 0) is 56.6 Å². The summed E-state index contributed by atoms with van der Waals surface area (Å²) in [6, 6.07) is 8.72. The zero-order valence-electron chi connectivity index (χ0n) is 16.8. The normalized spacial score (nSPS) is 19.8. The summed E-state index contributed by atoms with van der Waals surface area (Å²) in [7, 11) is 0. The van der Waals surface area contributed by atoms with Gasteiger partial charge < -0.3 is 15.4 Å².